The minimum Gasteiger partial charge on any atom is -0.616 e. The highest BCUT2D eigenvalue weighted by Crippen LogP contribution is 2.39. The fourth-order valence-electron chi connectivity index (χ4n) is 4.78. The number of phenols is 1. The molecule has 1 unspecified atom stereocenters. The number of nitrogens with one attached hydrogen (secondary N) is 1. The number of aromatic hydroxyl groups is 1. The number of phenolic OH excluding ortho intramolecular Hbond substituents is 1. The molecule has 0 saturated heterocycles. The number of alkyl halides is 5. The SMILES string of the molecule is CC/C(=C(/c1ccc(O)cc1)c1ccc(OCCNCCCCC[S+]([O-])CCCC(F)(F)C(F)(F)F)cc1)c1ccccc1. The molecule has 0 spiro atoms. The number of rotatable bonds is 18. The van der Waals surface area contributed by atoms with Crippen molar-refractivity contribution in [1.82, 2.24) is 5.32 Å². The zero-order valence-electron chi connectivity index (χ0n) is 24.8. The fraction of sp³-hybridized carbons (Fsp3) is 0.412. The van der Waals surface area contributed by atoms with Crippen LogP contribution in [0.3, 0.4) is 0 Å². The van der Waals surface area contributed by atoms with Crippen LogP contribution in [0.5, 0.6) is 11.5 Å². The summed E-state index contributed by atoms with van der Waals surface area (Å²) in [5.41, 5.74) is 5.50. The average Bonchev–Trinajstić information content (AvgIpc) is 3.00. The van der Waals surface area contributed by atoms with Gasteiger partial charge in [-0.3, -0.25) is 0 Å². The molecule has 2 N–H and O–H groups in total. The molecule has 240 valence electrons. The molecule has 3 aromatic carbocycles. The second kappa shape index (κ2) is 17.4. The van der Waals surface area contributed by atoms with E-state index in [1.807, 2.05) is 54.6 Å². The van der Waals surface area contributed by atoms with Crippen molar-refractivity contribution in [3.05, 3.63) is 95.6 Å². The Balaban J connectivity index is 1.40. The van der Waals surface area contributed by atoms with Gasteiger partial charge in [0.05, 0.1) is 0 Å². The molecule has 0 fully saturated rings. The molecule has 10 heteroatoms. The molecule has 0 amide bonds. The third-order valence-corrected chi connectivity index (χ3v) is 8.62. The van der Waals surface area contributed by atoms with E-state index >= 15 is 0 Å². The predicted molar refractivity (Wildman–Crippen MR) is 168 cm³/mol. The zero-order chi connectivity index (χ0) is 32.0. The van der Waals surface area contributed by atoms with E-state index in [0.29, 0.717) is 25.3 Å². The van der Waals surface area contributed by atoms with Gasteiger partial charge in [-0.05, 0) is 90.8 Å². The Labute approximate surface area is 259 Å². The van der Waals surface area contributed by atoms with Crippen molar-refractivity contribution in [2.24, 2.45) is 0 Å². The van der Waals surface area contributed by atoms with Crippen molar-refractivity contribution in [2.45, 2.75) is 57.5 Å². The number of ether oxygens (including phenoxy) is 1. The summed E-state index contributed by atoms with van der Waals surface area (Å²) >= 11 is -1.40. The molecule has 0 saturated carbocycles. The average molecular weight is 638 g/mol. The van der Waals surface area contributed by atoms with Gasteiger partial charge >= 0.3 is 12.1 Å². The summed E-state index contributed by atoms with van der Waals surface area (Å²) in [6, 6.07) is 25.4. The lowest BCUT2D eigenvalue weighted by molar-refractivity contribution is -0.284. The van der Waals surface area contributed by atoms with Gasteiger partial charge in [0.2, 0.25) is 0 Å². The fourth-order valence-corrected chi connectivity index (χ4v) is 5.98. The Morgan fingerprint density at radius 3 is 2.00 bits per heavy atom. The summed E-state index contributed by atoms with van der Waals surface area (Å²) in [5, 5.41) is 13.1. The molecule has 0 aliphatic rings. The summed E-state index contributed by atoms with van der Waals surface area (Å²) in [4.78, 5) is 0. The highest BCUT2D eigenvalue weighted by molar-refractivity contribution is 7.91. The van der Waals surface area contributed by atoms with Crippen LogP contribution in [0, 0.1) is 0 Å². The Hall–Kier alpha value is -3.08. The molecular formula is C34H40F5NO3S. The van der Waals surface area contributed by atoms with E-state index < -0.39 is 36.1 Å². The minimum absolute atomic E-state index is 0.149. The molecule has 0 heterocycles. The first-order valence-electron chi connectivity index (χ1n) is 14.8. The van der Waals surface area contributed by atoms with Crippen LogP contribution in [0.1, 0.15) is 62.1 Å². The van der Waals surface area contributed by atoms with Crippen molar-refractivity contribution < 1.29 is 36.3 Å². The first kappa shape index (κ1) is 35.4. The van der Waals surface area contributed by atoms with Gasteiger partial charge in [0.1, 0.15) is 29.6 Å². The van der Waals surface area contributed by atoms with Crippen LogP contribution in [0.4, 0.5) is 22.0 Å². The molecule has 0 bridgehead atoms. The van der Waals surface area contributed by atoms with Crippen LogP contribution in [0.25, 0.3) is 11.1 Å². The number of halogens is 5. The molecule has 3 aromatic rings. The number of hydrogen-bond donors (Lipinski definition) is 2. The molecule has 1 atom stereocenters. The van der Waals surface area contributed by atoms with Crippen LogP contribution in [0.15, 0.2) is 78.9 Å². The van der Waals surface area contributed by atoms with E-state index in [-0.39, 0.29) is 11.5 Å². The molecule has 0 aliphatic carbocycles. The Bertz CT molecular complexity index is 1280. The van der Waals surface area contributed by atoms with Gasteiger partial charge in [-0.15, -0.1) is 0 Å². The van der Waals surface area contributed by atoms with Crippen LogP contribution in [-0.4, -0.2) is 53.0 Å². The van der Waals surface area contributed by atoms with E-state index in [4.69, 9.17) is 4.74 Å². The lowest BCUT2D eigenvalue weighted by Crippen LogP contribution is -2.36. The molecule has 3 rings (SSSR count). The Kier molecular flexibility index (Phi) is 14.0. The lowest BCUT2D eigenvalue weighted by atomic mass is 9.88. The molecule has 0 aliphatic heterocycles. The summed E-state index contributed by atoms with van der Waals surface area (Å²) in [6.07, 6.45) is -4.26. The van der Waals surface area contributed by atoms with Gasteiger partial charge in [0.15, 0.2) is 0 Å². The van der Waals surface area contributed by atoms with Gasteiger partial charge in [-0.25, -0.2) is 0 Å². The van der Waals surface area contributed by atoms with E-state index in [1.165, 1.54) is 5.57 Å². The molecule has 44 heavy (non-hydrogen) atoms. The van der Waals surface area contributed by atoms with Crippen LogP contribution < -0.4 is 10.1 Å². The first-order valence-corrected chi connectivity index (χ1v) is 16.3. The smallest absolute Gasteiger partial charge is 0.453 e. The minimum atomic E-state index is -5.56. The van der Waals surface area contributed by atoms with Crippen LogP contribution in [0.2, 0.25) is 0 Å². The van der Waals surface area contributed by atoms with Crippen molar-refractivity contribution in [2.75, 3.05) is 31.2 Å². The summed E-state index contributed by atoms with van der Waals surface area (Å²) < 4.78 is 80.2. The van der Waals surface area contributed by atoms with Gasteiger partial charge in [-0.2, -0.15) is 22.0 Å². The molecule has 4 nitrogen and oxygen atoms in total. The summed E-state index contributed by atoms with van der Waals surface area (Å²) in [5.74, 6) is -3.62. The second-order valence-electron chi connectivity index (χ2n) is 10.5. The Morgan fingerprint density at radius 2 is 1.39 bits per heavy atom. The standard InChI is InChI=1S/C34H40F5NO3S/c1-2-31(26-10-5-3-6-11-26)32(27-12-16-29(41)17-13-27)28-14-18-30(19-15-28)43-23-22-40-21-7-4-8-24-44(42)25-9-20-33(35,36)34(37,38)39/h3,5-6,10-19,40-41H,2,4,7-9,20-25H2,1H3/b32-31+. The van der Waals surface area contributed by atoms with Gasteiger partial charge in [0.25, 0.3) is 0 Å². The van der Waals surface area contributed by atoms with Crippen molar-refractivity contribution in [3.8, 4) is 11.5 Å². The molecule has 0 aromatic heterocycles. The largest absolute Gasteiger partial charge is 0.616 e. The summed E-state index contributed by atoms with van der Waals surface area (Å²) in [7, 11) is 0. The quantitative estimate of drug-likeness (QED) is 0.0635. The molecular weight excluding hydrogens is 597 g/mol. The lowest BCUT2D eigenvalue weighted by Gasteiger charge is -2.19. The third-order valence-electron chi connectivity index (χ3n) is 7.13. The van der Waals surface area contributed by atoms with Crippen LogP contribution in [-0.2, 0) is 11.2 Å². The number of unbranched alkanes of at least 4 members (excludes halogenated alkanes) is 2. The maximum absolute atomic E-state index is 12.9. The van der Waals surface area contributed by atoms with Gasteiger partial charge in [-0.1, -0.05) is 72.7 Å². The zero-order valence-corrected chi connectivity index (χ0v) is 25.7. The monoisotopic (exact) mass is 637 g/mol. The topological polar surface area (TPSA) is 64.5 Å². The van der Waals surface area contributed by atoms with Crippen molar-refractivity contribution in [1.29, 1.82) is 0 Å². The van der Waals surface area contributed by atoms with Crippen molar-refractivity contribution >= 4 is 22.3 Å². The first-order chi connectivity index (χ1) is 21.0. The number of benzene rings is 3. The number of allylic oxidation sites excluding steroid dienone is 1. The maximum atomic E-state index is 12.9. The normalized spacial score (nSPS) is 13.4. The van der Waals surface area contributed by atoms with E-state index in [1.54, 1.807) is 12.1 Å². The predicted octanol–water partition coefficient (Wildman–Crippen LogP) is 8.63. The summed E-state index contributed by atoms with van der Waals surface area (Å²) in [6.45, 7) is 3.96. The molecule has 0 radical (unpaired) electrons. The Morgan fingerprint density at radius 1 is 0.773 bits per heavy atom. The van der Waals surface area contributed by atoms with E-state index in [2.05, 4.69) is 24.4 Å². The van der Waals surface area contributed by atoms with Gasteiger partial charge < -0.3 is 19.7 Å². The highest BCUT2D eigenvalue weighted by Gasteiger charge is 2.56. The maximum Gasteiger partial charge on any atom is 0.453 e. The number of hydrogen-bond acceptors (Lipinski definition) is 4. The van der Waals surface area contributed by atoms with Crippen LogP contribution >= 0.6 is 0 Å². The highest BCUT2D eigenvalue weighted by atomic mass is 32.2. The second-order valence-corrected chi connectivity index (χ2v) is 12.2. The van der Waals surface area contributed by atoms with E-state index in [0.717, 1.165) is 53.8 Å². The van der Waals surface area contributed by atoms with E-state index in [9.17, 15) is 31.6 Å². The third kappa shape index (κ3) is 11.1. The van der Waals surface area contributed by atoms with Gasteiger partial charge in [0, 0.05) is 13.0 Å². The van der Waals surface area contributed by atoms with Crippen molar-refractivity contribution in [3.63, 3.8) is 0 Å².